The van der Waals surface area contributed by atoms with Crippen molar-refractivity contribution in [1.82, 2.24) is 0 Å². The maximum atomic E-state index is 11.6. The first kappa shape index (κ1) is 19.3. The summed E-state index contributed by atoms with van der Waals surface area (Å²) in [6, 6.07) is 5.77. The van der Waals surface area contributed by atoms with Crippen LogP contribution >= 0.6 is 0 Å². The van der Waals surface area contributed by atoms with Gasteiger partial charge in [0.05, 0.1) is 16.7 Å². The van der Waals surface area contributed by atoms with Crippen molar-refractivity contribution >= 4 is 17.9 Å². The minimum atomic E-state index is -1.19. The third kappa shape index (κ3) is 7.81. The summed E-state index contributed by atoms with van der Waals surface area (Å²) in [4.78, 5) is 31.7. The quantitative estimate of drug-likeness (QED) is 0.557. The van der Waals surface area contributed by atoms with Crippen LogP contribution in [-0.4, -0.2) is 45.4 Å². The second-order valence-electron chi connectivity index (χ2n) is 4.78. The number of benzene rings is 1. The van der Waals surface area contributed by atoms with E-state index < -0.39 is 23.5 Å². The lowest BCUT2D eigenvalue weighted by Crippen LogP contribution is -2.28. The topological polar surface area (TPSA) is 121 Å². The van der Waals surface area contributed by atoms with E-state index in [2.05, 4.69) is 6.58 Å². The van der Waals surface area contributed by atoms with Gasteiger partial charge in [-0.15, -0.1) is 0 Å². The molecule has 0 saturated heterocycles. The molecule has 0 saturated carbocycles. The lowest BCUT2D eigenvalue weighted by molar-refractivity contribution is -0.131. The van der Waals surface area contributed by atoms with Crippen molar-refractivity contribution in [3.8, 4) is 0 Å². The summed E-state index contributed by atoms with van der Waals surface area (Å²) in [6.07, 6.45) is 0.833. The minimum absolute atomic E-state index is 0.0238. The van der Waals surface area contributed by atoms with E-state index in [0.29, 0.717) is 0 Å². The molecule has 0 aromatic heterocycles. The first-order chi connectivity index (χ1) is 10.1. The molecule has 0 radical (unpaired) electrons. The van der Waals surface area contributed by atoms with Gasteiger partial charge in [-0.25, -0.2) is 14.4 Å². The second-order valence-corrected chi connectivity index (χ2v) is 4.78. The van der Waals surface area contributed by atoms with Gasteiger partial charge in [0.25, 0.3) is 0 Å². The van der Waals surface area contributed by atoms with Crippen LogP contribution in [0.2, 0.25) is 0 Å². The second kappa shape index (κ2) is 8.58. The molecule has 120 valence electrons. The highest BCUT2D eigenvalue weighted by molar-refractivity contribution is 6.02. The molecule has 0 unspecified atom stereocenters. The molecule has 0 fully saturated rings. The highest BCUT2D eigenvalue weighted by Gasteiger charge is 2.20. The molecule has 3 N–H and O–H groups in total. The van der Waals surface area contributed by atoms with Crippen molar-refractivity contribution in [2.45, 2.75) is 19.4 Å². The van der Waals surface area contributed by atoms with Gasteiger partial charge in [-0.2, -0.15) is 0 Å². The van der Waals surface area contributed by atoms with Gasteiger partial charge in [0, 0.05) is 6.08 Å². The van der Waals surface area contributed by atoms with Crippen LogP contribution in [0.3, 0.4) is 0 Å². The zero-order chi connectivity index (χ0) is 17.3. The van der Waals surface area contributed by atoms with Crippen LogP contribution in [-0.2, 0) is 9.53 Å². The van der Waals surface area contributed by atoms with Crippen molar-refractivity contribution < 1.29 is 34.4 Å². The lowest BCUT2D eigenvalue weighted by atomic mass is 10.1. The standard InChI is InChI=1S/C12H14O5.C3H4O2/c1-12(2,16)7-17-11(15)9-6-4-3-5-8(9)10(13)14;1-2-3(4)5/h3-6,16H,7H2,1-2H3,(H,13,14);2H,1H2,(H,4,5). The normalized spacial score (nSPS) is 9.95. The van der Waals surface area contributed by atoms with E-state index in [1.165, 1.54) is 32.0 Å². The summed E-state index contributed by atoms with van der Waals surface area (Å²) in [7, 11) is 0. The number of aliphatic hydroxyl groups is 1. The van der Waals surface area contributed by atoms with Crippen molar-refractivity contribution in [2.24, 2.45) is 0 Å². The van der Waals surface area contributed by atoms with Gasteiger partial charge in [0.1, 0.15) is 6.61 Å². The number of hydrogen-bond acceptors (Lipinski definition) is 5. The SMILES string of the molecule is C=CC(=O)O.CC(C)(O)COC(=O)c1ccccc1C(=O)O. The van der Waals surface area contributed by atoms with E-state index in [4.69, 9.17) is 14.9 Å². The molecule has 0 amide bonds. The summed E-state index contributed by atoms with van der Waals surface area (Å²) in [5.74, 6) is -2.93. The molecule has 7 nitrogen and oxygen atoms in total. The molecule has 1 aromatic carbocycles. The molecule has 0 heterocycles. The van der Waals surface area contributed by atoms with Gasteiger partial charge in [-0.05, 0) is 26.0 Å². The molecule has 22 heavy (non-hydrogen) atoms. The Morgan fingerprint density at radius 3 is 2.00 bits per heavy atom. The van der Waals surface area contributed by atoms with Crippen molar-refractivity contribution in [2.75, 3.05) is 6.61 Å². The van der Waals surface area contributed by atoms with E-state index in [9.17, 15) is 19.5 Å². The Morgan fingerprint density at radius 1 is 1.18 bits per heavy atom. The highest BCUT2D eigenvalue weighted by Crippen LogP contribution is 2.12. The predicted molar refractivity (Wildman–Crippen MR) is 77.8 cm³/mol. The summed E-state index contributed by atoms with van der Waals surface area (Å²) in [5, 5.41) is 25.9. The van der Waals surface area contributed by atoms with Gasteiger partial charge >= 0.3 is 17.9 Å². The number of ether oxygens (including phenoxy) is 1. The Morgan fingerprint density at radius 2 is 1.64 bits per heavy atom. The zero-order valence-electron chi connectivity index (χ0n) is 12.3. The molecule has 0 aliphatic heterocycles. The first-order valence-corrected chi connectivity index (χ1v) is 6.15. The number of aliphatic carboxylic acids is 1. The van der Waals surface area contributed by atoms with Crippen molar-refractivity contribution in [1.29, 1.82) is 0 Å². The molecule has 0 atom stereocenters. The molecule has 1 rings (SSSR count). The number of carboxylic acid groups (broad SMARTS) is 2. The van der Waals surface area contributed by atoms with E-state index in [1.807, 2.05) is 0 Å². The molecule has 0 spiro atoms. The highest BCUT2D eigenvalue weighted by atomic mass is 16.5. The van der Waals surface area contributed by atoms with Gasteiger partial charge in [0.15, 0.2) is 0 Å². The van der Waals surface area contributed by atoms with Crippen LogP contribution in [0, 0.1) is 0 Å². The van der Waals surface area contributed by atoms with Crippen LogP contribution in [0.15, 0.2) is 36.9 Å². The largest absolute Gasteiger partial charge is 0.478 e. The zero-order valence-corrected chi connectivity index (χ0v) is 12.3. The van der Waals surface area contributed by atoms with Crippen LogP contribution < -0.4 is 0 Å². The fourth-order valence-corrected chi connectivity index (χ4v) is 1.17. The summed E-state index contributed by atoms with van der Waals surface area (Å²) >= 11 is 0. The molecule has 0 bridgehead atoms. The minimum Gasteiger partial charge on any atom is -0.478 e. The third-order valence-corrected chi connectivity index (χ3v) is 2.11. The number of aromatic carboxylic acids is 1. The molecule has 0 aliphatic rings. The number of rotatable bonds is 5. The fraction of sp³-hybridized carbons (Fsp3) is 0.267. The Balaban J connectivity index is 0.000000763. The van der Waals surface area contributed by atoms with Gasteiger partial charge < -0.3 is 20.1 Å². The van der Waals surface area contributed by atoms with Crippen LogP contribution in [0.5, 0.6) is 0 Å². The number of esters is 1. The molecular formula is C15H18O7. The summed E-state index contributed by atoms with van der Waals surface area (Å²) < 4.78 is 4.83. The Hall–Kier alpha value is -2.67. The van der Waals surface area contributed by atoms with Crippen LogP contribution in [0.1, 0.15) is 34.6 Å². The number of carboxylic acids is 2. The fourth-order valence-electron chi connectivity index (χ4n) is 1.17. The summed E-state index contributed by atoms with van der Waals surface area (Å²) in [5.41, 5.74) is -1.29. The molecule has 7 heteroatoms. The average molecular weight is 310 g/mol. The number of carbonyl (C=O) groups excluding carboxylic acids is 1. The summed E-state index contributed by atoms with van der Waals surface area (Å²) in [6.45, 7) is 5.74. The maximum absolute atomic E-state index is 11.6. The predicted octanol–water partition coefficient (Wildman–Crippen LogP) is 1.57. The van der Waals surface area contributed by atoms with Crippen LogP contribution in [0.25, 0.3) is 0 Å². The number of carbonyl (C=O) groups is 3. The first-order valence-electron chi connectivity index (χ1n) is 6.15. The van der Waals surface area contributed by atoms with Crippen LogP contribution in [0.4, 0.5) is 0 Å². The lowest BCUT2D eigenvalue weighted by Gasteiger charge is -2.17. The Kier molecular flexibility index (Phi) is 7.54. The molecule has 1 aromatic rings. The van der Waals surface area contributed by atoms with Gasteiger partial charge in [0.2, 0.25) is 0 Å². The maximum Gasteiger partial charge on any atom is 0.339 e. The monoisotopic (exact) mass is 310 g/mol. The Bertz CT molecular complexity index is 555. The molecular weight excluding hydrogens is 292 g/mol. The van der Waals surface area contributed by atoms with E-state index in [-0.39, 0.29) is 17.7 Å². The van der Waals surface area contributed by atoms with E-state index >= 15 is 0 Å². The van der Waals surface area contributed by atoms with E-state index in [0.717, 1.165) is 6.08 Å². The Labute approximate surface area is 127 Å². The van der Waals surface area contributed by atoms with Gasteiger partial charge in [-0.3, -0.25) is 0 Å². The smallest absolute Gasteiger partial charge is 0.339 e. The van der Waals surface area contributed by atoms with Gasteiger partial charge in [-0.1, -0.05) is 18.7 Å². The molecule has 0 aliphatic carbocycles. The third-order valence-electron chi connectivity index (χ3n) is 2.11. The van der Waals surface area contributed by atoms with Crippen molar-refractivity contribution in [3.63, 3.8) is 0 Å². The van der Waals surface area contributed by atoms with Crippen molar-refractivity contribution in [3.05, 3.63) is 48.0 Å². The van der Waals surface area contributed by atoms with E-state index in [1.54, 1.807) is 6.07 Å². The number of hydrogen-bond donors (Lipinski definition) is 3. The average Bonchev–Trinajstić information content (AvgIpc) is 2.44.